The fourth-order valence-corrected chi connectivity index (χ4v) is 1.41. The number of halogens is 2. The molecular weight excluding hydrogens is 215 g/mol. The highest BCUT2D eigenvalue weighted by molar-refractivity contribution is 9.10. The molecule has 1 rings (SSSR count). The molecule has 0 aliphatic heterocycles. The molecule has 1 aromatic rings. The standard InChI is InChI=1S/C6H8BrClN2/c1-3-10-4(2)5(8)6(7)9-10/h3H2,1-2H3. The van der Waals surface area contributed by atoms with E-state index in [4.69, 9.17) is 11.6 Å². The van der Waals surface area contributed by atoms with Gasteiger partial charge in [0.25, 0.3) is 0 Å². The van der Waals surface area contributed by atoms with Gasteiger partial charge >= 0.3 is 0 Å². The minimum Gasteiger partial charge on any atom is -0.267 e. The summed E-state index contributed by atoms with van der Waals surface area (Å²) >= 11 is 9.09. The van der Waals surface area contributed by atoms with Gasteiger partial charge in [-0.25, -0.2) is 0 Å². The molecule has 0 spiro atoms. The van der Waals surface area contributed by atoms with E-state index in [-0.39, 0.29) is 0 Å². The first kappa shape index (κ1) is 8.08. The van der Waals surface area contributed by atoms with E-state index in [1.165, 1.54) is 0 Å². The Hall–Kier alpha value is -0.0200. The third-order valence-corrected chi connectivity index (χ3v) is 2.63. The molecule has 56 valence electrons. The van der Waals surface area contributed by atoms with Crippen LogP contribution in [0.25, 0.3) is 0 Å². The van der Waals surface area contributed by atoms with Crippen molar-refractivity contribution < 1.29 is 0 Å². The highest BCUT2D eigenvalue weighted by Crippen LogP contribution is 2.24. The molecular formula is C6H8BrClN2. The maximum atomic E-state index is 5.85. The van der Waals surface area contributed by atoms with Gasteiger partial charge in [0, 0.05) is 6.54 Å². The zero-order chi connectivity index (χ0) is 7.72. The van der Waals surface area contributed by atoms with Crippen molar-refractivity contribution in [2.24, 2.45) is 0 Å². The van der Waals surface area contributed by atoms with Crippen molar-refractivity contribution in [1.29, 1.82) is 0 Å². The van der Waals surface area contributed by atoms with Crippen LogP contribution in [0.5, 0.6) is 0 Å². The smallest absolute Gasteiger partial charge is 0.147 e. The largest absolute Gasteiger partial charge is 0.267 e. The number of aryl methyl sites for hydroxylation is 1. The average Bonchev–Trinajstić information content (AvgIpc) is 2.17. The Balaban J connectivity index is 3.17. The number of hydrogen-bond donors (Lipinski definition) is 0. The van der Waals surface area contributed by atoms with Gasteiger partial charge in [-0.3, -0.25) is 4.68 Å². The quantitative estimate of drug-likeness (QED) is 0.716. The molecule has 4 heteroatoms. The molecule has 0 unspecified atom stereocenters. The molecule has 1 aromatic heterocycles. The van der Waals surface area contributed by atoms with Crippen LogP contribution in [-0.4, -0.2) is 9.78 Å². The van der Waals surface area contributed by atoms with Crippen LogP contribution in [0.15, 0.2) is 4.60 Å². The van der Waals surface area contributed by atoms with Gasteiger partial charge in [-0.05, 0) is 29.8 Å². The Morgan fingerprint density at radius 2 is 2.30 bits per heavy atom. The minimum atomic E-state index is 0.710. The lowest BCUT2D eigenvalue weighted by atomic mass is 10.5. The van der Waals surface area contributed by atoms with E-state index < -0.39 is 0 Å². The first-order valence-electron chi connectivity index (χ1n) is 3.05. The lowest BCUT2D eigenvalue weighted by Gasteiger charge is -1.95. The van der Waals surface area contributed by atoms with Gasteiger partial charge in [0.15, 0.2) is 0 Å². The van der Waals surface area contributed by atoms with Crippen molar-refractivity contribution in [2.45, 2.75) is 20.4 Å². The average molecular weight is 224 g/mol. The second-order valence-corrected chi connectivity index (χ2v) is 3.14. The molecule has 1 heterocycles. The first-order valence-corrected chi connectivity index (χ1v) is 4.22. The molecule has 2 nitrogen and oxygen atoms in total. The zero-order valence-electron chi connectivity index (χ0n) is 5.86. The van der Waals surface area contributed by atoms with E-state index in [1.54, 1.807) is 0 Å². The highest BCUT2D eigenvalue weighted by Gasteiger charge is 2.07. The van der Waals surface area contributed by atoms with E-state index in [9.17, 15) is 0 Å². The summed E-state index contributed by atoms with van der Waals surface area (Å²) in [5.41, 5.74) is 1.01. The third-order valence-electron chi connectivity index (χ3n) is 1.39. The molecule has 0 fully saturated rings. The molecule has 0 saturated heterocycles. The molecule has 0 N–H and O–H groups in total. The normalized spacial score (nSPS) is 10.4. The molecule has 0 aromatic carbocycles. The molecule has 0 atom stereocenters. The number of rotatable bonds is 1. The maximum Gasteiger partial charge on any atom is 0.147 e. The molecule has 0 saturated carbocycles. The Kier molecular flexibility index (Phi) is 2.36. The highest BCUT2D eigenvalue weighted by atomic mass is 79.9. The lowest BCUT2D eigenvalue weighted by Crippen LogP contribution is -1.97. The minimum absolute atomic E-state index is 0.710. The van der Waals surface area contributed by atoms with Crippen molar-refractivity contribution >= 4 is 27.5 Å². The van der Waals surface area contributed by atoms with Crippen LogP contribution in [0.3, 0.4) is 0 Å². The van der Waals surface area contributed by atoms with E-state index in [1.807, 2.05) is 18.5 Å². The summed E-state index contributed by atoms with van der Waals surface area (Å²) < 4.78 is 2.58. The van der Waals surface area contributed by atoms with Crippen LogP contribution in [0.2, 0.25) is 5.02 Å². The second kappa shape index (κ2) is 2.93. The Bertz CT molecular complexity index is 244. The van der Waals surface area contributed by atoms with E-state index in [0.29, 0.717) is 5.02 Å². The maximum absolute atomic E-state index is 5.85. The van der Waals surface area contributed by atoms with Crippen LogP contribution in [0.4, 0.5) is 0 Å². The topological polar surface area (TPSA) is 17.8 Å². The van der Waals surface area contributed by atoms with Crippen LogP contribution >= 0.6 is 27.5 Å². The molecule has 0 bridgehead atoms. The molecule has 10 heavy (non-hydrogen) atoms. The summed E-state index contributed by atoms with van der Waals surface area (Å²) in [6.07, 6.45) is 0. The van der Waals surface area contributed by atoms with Crippen LogP contribution in [0.1, 0.15) is 12.6 Å². The summed E-state index contributed by atoms with van der Waals surface area (Å²) in [7, 11) is 0. The predicted molar refractivity (Wildman–Crippen MR) is 45.3 cm³/mol. The fourth-order valence-electron chi connectivity index (χ4n) is 0.795. The summed E-state index contributed by atoms with van der Waals surface area (Å²) in [5, 5.41) is 4.84. The summed E-state index contributed by atoms with van der Waals surface area (Å²) in [4.78, 5) is 0. The van der Waals surface area contributed by atoms with Crippen LogP contribution in [0, 0.1) is 6.92 Å². The van der Waals surface area contributed by atoms with Crippen molar-refractivity contribution in [3.63, 3.8) is 0 Å². The van der Waals surface area contributed by atoms with Gasteiger partial charge in [0.05, 0.1) is 10.7 Å². The van der Waals surface area contributed by atoms with Crippen molar-refractivity contribution in [2.75, 3.05) is 0 Å². The zero-order valence-corrected chi connectivity index (χ0v) is 8.20. The molecule has 0 radical (unpaired) electrons. The predicted octanol–water partition coefficient (Wildman–Crippen LogP) is 2.63. The summed E-state index contributed by atoms with van der Waals surface area (Å²) in [6.45, 7) is 4.84. The van der Waals surface area contributed by atoms with E-state index in [0.717, 1.165) is 16.8 Å². The monoisotopic (exact) mass is 222 g/mol. The summed E-state index contributed by atoms with van der Waals surface area (Å²) in [5.74, 6) is 0. The Morgan fingerprint density at radius 3 is 2.50 bits per heavy atom. The van der Waals surface area contributed by atoms with Gasteiger partial charge in [-0.15, -0.1) is 0 Å². The number of nitrogens with zero attached hydrogens (tertiary/aromatic N) is 2. The van der Waals surface area contributed by atoms with Gasteiger partial charge in [0.1, 0.15) is 4.60 Å². The first-order chi connectivity index (χ1) is 4.66. The van der Waals surface area contributed by atoms with Crippen molar-refractivity contribution in [1.82, 2.24) is 9.78 Å². The van der Waals surface area contributed by atoms with Crippen molar-refractivity contribution in [3.05, 3.63) is 15.3 Å². The van der Waals surface area contributed by atoms with E-state index >= 15 is 0 Å². The Morgan fingerprint density at radius 1 is 1.70 bits per heavy atom. The van der Waals surface area contributed by atoms with Crippen molar-refractivity contribution in [3.8, 4) is 0 Å². The number of hydrogen-bond acceptors (Lipinski definition) is 1. The van der Waals surface area contributed by atoms with Crippen LogP contribution in [-0.2, 0) is 6.54 Å². The molecule has 0 aliphatic carbocycles. The molecule has 0 amide bonds. The van der Waals surface area contributed by atoms with Gasteiger partial charge in [-0.1, -0.05) is 11.6 Å². The van der Waals surface area contributed by atoms with Gasteiger partial charge in [-0.2, -0.15) is 5.10 Å². The Labute approximate surface area is 73.3 Å². The van der Waals surface area contributed by atoms with Gasteiger partial charge in [0.2, 0.25) is 0 Å². The third kappa shape index (κ3) is 1.20. The number of aromatic nitrogens is 2. The van der Waals surface area contributed by atoms with Gasteiger partial charge < -0.3 is 0 Å². The fraction of sp³-hybridized carbons (Fsp3) is 0.500. The summed E-state index contributed by atoms with van der Waals surface area (Å²) in [6, 6.07) is 0. The molecule has 0 aliphatic rings. The van der Waals surface area contributed by atoms with Crippen LogP contribution < -0.4 is 0 Å². The second-order valence-electron chi connectivity index (χ2n) is 2.01. The lowest BCUT2D eigenvalue weighted by molar-refractivity contribution is 0.636. The SMILES string of the molecule is CCn1nc(Br)c(Cl)c1C. The van der Waals surface area contributed by atoms with E-state index in [2.05, 4.69) is 21.0 Å².